The van der Waals surface area contributed by atoms with Gasteiger partial charge in [0.05, 0.1) is 12.0 Å². The van der Waals surface area contributed by atoms with Gasteiger partial charge >= 0.3 is 5.69 Å². The fourth-order valence-corrected chi connectivity index (χ4v) is 2.09. The van der Waals surface area contributed by atoms with Gasteiger partial charge in [0.1, 0.15) is 0 Å². The molecular weight excluding hydrogens is 262 g/mol. The van der Waals surface area contributed by atoms with Crippen molar-refractivity contribution in [1.82, 2.24) is 15.3 Å². The topological polar surface area (TPSA) is 115 Å². The summed E-state index contributed by atoms with van der Waals surface area (Å²) in [5.41, 5.74) is -1.94. The van der Waals surface area contributed by atoms with Gasteiger partial charge in [0, 0.05) is 18.3 Å². The molecule has 7 heteroatoms. The maximum absolute atomic E-state index is 11.7. The first-order valence-corrected chi connectivity index (χ1v) is 6.49. The molecule has 0 saturated carbocycles. The molecule has 20 heavy (non-hydrogen) atoms. The van der Waals surface area contributed by atoms with Crippen molar-refractivity contribution in [3.63, 3.8) is 0 Å². The van der Waals surface area contributed by atoms with E-state index in [1.807, 2.05) is 18.8 Å². The van der Waals surface area contributed by atoms with E-state index < -0.39 is 16.9 Å². The molecule has 112 valence electrons. The van der Waals surface area contributed by atoms with Crippen molar-refractivity contribution < 1.29 is 9.90 Å². The predicted molar refractivity (Wildman–Crippen MR) is 74.5 cm³/mol. The van der Waals surface area contributed by atoms with Gasteiger partial charge in [0.2, 0.25) is 5.91 Å². The molecule has 1 amide bonds. The summed E-state index contributed by atoms with van der Waals surface area (Å²) in [4.78, 5) is 38.2. The highest BCUT2D eigenvalue weighted by molar-refractivity contribution is 5.78. The van der Waals surface area contributed by atoms with Crippen LogP contribution in [-0.2, 0) is 11.2 Å². The molecule has 0 fully saturated rings. The van der Waals surface area contributed by atoms with Gasteiger partial charge in [-0.15, -0.1) is 0 Å². The summed E-state index contributed by atoms with van der Waals surface area (Å²) in [6, 6.07) is 1.16. The van der Waals surface area contributed by atoms with Crippen LogP contribution in [0.1, 0.15) is 32.9 Å². The van der Waals surface area contributed by atoms with Crippen molar-refractivity contribution in [2.75, 3.05) is 6.54 Å². The monoisotopic (exact) mass is 283 g/mol. The number of carbonyl (C=O) groups is 1. The number of aliphatic hydroxyl groups is 1. The van der Waals surface area contributed by atoms with E-state index in [-0.39, 0.29) is 24.6 Å². The number of aromatic amines is 2. The lowest BCUT2D eigenvalue weighted by molar-refractivity contribution is -0.121. The van der Waals surface area contributed by atoms with E-state index in [2.05, 4.69) is 10.3 Å². The van der Waals surface area contributed by atoms with Gasteiger partial charge in [-0.3, -0.25) is 14.6 Å². The van der Waals surface area contributed by atoms with Crippen LogP contribution in [0.15, 0.2) is 15.7 Å². The quantitative estimate of drug-likeness (QED) is 0.564. The molecule has 1 rings (SSSR count). The van der Waals surface area contributed by atoms with Gasteiger partial charge < -0.3 is 15.4 Å². The Morgan fingerprint density at radius 2 is 2.05 bits per heavy atom. The largest absolute Gasteiger partial charge is 0.388 e. The number of amides is 1. The first-order valence-electron chi connectivity index (χ1n) is 6.49. The number of H-pyrrole nitrogens is 2. The fraction of sp³-hybridized carbons (Fsp3) is 0.615. The van der Waals surface area contributed by atoms with Gasteiger partial charge in [-0.05, 0) is 19.3 Å². The normalized spacial score (nSPS) is 14.1. The molecule has 0 aliphatic carbocycles. The summed E-state index contributed by atoms with van der Waals surface area (Å²) >= 11 is 0. The van der Waals surface area contributed by atoms with Crippen LogP contribution in [0.4, 0.5) is 0 Å². The second-order valence-electron chi connectivity index (χ2n) is 5.66. The van der Waals surface area contributed by atoms with E-state index in [1.54, 1.807) is 6.92 Å². The lowest BCUT2D eigenvalue weighted by Gasteiger charge is -2.25. The highest BCUT2D eigenvalue weighted by Gasteiger charge is 2.22. The number of rotatable bonds is 6. The molecule has 0 aliphatic heterocycles. The Labute approximate surface area is 116 Å². The average Bonchev–Trinajstić information content (AvgIpc) is 2.23. The Bertz CT molecular complexity index is 543. The van der Waals surface area contributed by atoms with Crippen molar-refractivity contribution in [3.05, 3.63) is 32.6 Å². The molecule has 1 atom stereocenters. The zero-order valence-electron chi connectivity index (χ0n) is 11.9. The summed E-state index contributed by atoms with van der Waals surface area (Å²) in [6.45, 7) is 5.74. The van der Waals surface area contributed by atoms with Gasteiger partial charge in [-0.1, -0.05) is 13.8 Å². The predicted octanol–water partition coefficient (Wildman–Crippen LogP) is -0.481. The Morgan fingerprint density at radius 1 is 1.40 bits per heavy atom. The van der Waals surface area contributed by atoms with Crippen LogP contribution in [0.25, 0.3) is 0 Å². The molecule has 0 spiro atoms. The van der Waals surface area contributed by atoms with E-state index in [9.17, 15) is 19.5 Å². The number of hydrogen-bond donors (Lipinski definition) is 4. The maximum atomic E-state index is 11.7. The van der Waals surface area contributed by atoms with Crippen molar-refractivity contribution in [2.45, 2.75) is 39.2 Å². The number of carbonyl (C=O) groups excluding carboxylic acids is 1. The van der Waals surface area contributed by atoms with Gasteiger partial charge in [-0.25, -0.2) is 4.79 Å². The molecule has 1 unspecified atom stereocenters. The van der Waals surface area contributed by atoms with E-state index in [4.69, 9.17) is 0 Å². The molecule has 4 N–H and O–H groups in total. The summed E-state index contributed by atoms with van der Waals surface area (Å²) < 4.78 is 0. The molecule has 0 saturated heterocycles. The number of hydrogen-bond acceptors (Lipinski definition) is 4. The SMILES string of the molecule is CC(C)CC(C)(O)CNC(=O)Cc1cc(=O)[nH]c(=O)[nH]1. The smallest absolute Gasteiger partial charge is 0.325 e. The van der Waals surface area contributed by atoms with Crippen molar-refractivity contribution in [1.29, 1.82) is 0 Å². The zero-order chi connectivity index (χ0) is 15.3. The Morgan fingerprint density at radius 3 is 2.60 bits per heavy atom. The standard InChI is InChI=1S/C13H21N3O4/c1-8(2)6-13(3,20)7-14-10(17)4-9-5-11(18)16-12(19)15-9/h5,8,20H,4,6-7H2,1-3H3,(H,14,17)(H2,15,16,18,19). The number of aromatic nitrogens is 2. The van der Waals surface area contributed by atoms with Crippen LogP contribution >= 0.6 is 0 Å². The van der Waals surface area contributed by atoms with Crippen molar-refractivity contribution >= 4 is 5.91 Å². The van der Waals surface area contributed by atoms with Crippen LogP contribution in [-0.4, -0.2) is 33.1 Å². The van der Waals surface area contributed by atoms with Gasteiger partial charge in [0.25, 0.3) is 5.56 Å². The summed E-state index contributed by atoms with van der Waals surface area (Å²) in [6.07, 6.45) is 0.450. The van der Waals surface area contributed by atoms with Crippen LogP contribution in [0.5, 0.6) is 0 Å². The van der Waals surface area contributed by atoms with E-state index in [0.29, 0.717) is 12.3 Å². The van der Waals surface area contributed by atoms with Crippen LogP contribution in [0, 0.1) is 5.92 Å². The molecule has 0 bridgehead atoms. The molecule has 0 aliphatic rings. The second-order valence-corrected chi connectivity index (χ2v) is 5.66. The second kappa shape index (κ2) is 6.51. The zero-order valence-corrected chi connectivity index (χ0v) is 11.9. The van der Waals surface area contributed by atoms with Crippen LogP contribution in [0.3, 0.4) is 0 Å². The van der Waals surface area contributed by atoms with Gasteiger partial charge in [-0.2, -0.15) is 0 Å². The number of nitrogens with one attached hydrogen (secondary N) is 3. The highest BCUT2D eigenvalue weighted by atomic mass is 16.3. The molecule has 1 aromatic heterocycles. The molecule has 0 aromatic carbocycles. The first-order chi connectivity index (χ1) is 9.18. The van der Waals surface area contributed by atoms with Crippen molar-refractivity contribution in [2.24, 2.45) is 5.92 Å². The maximum Gasteiger partial charge on any atom is 0.325 e. The summed E-state index contributed by atoms with van der Waals surface area (Å²) in [5, 5.41) is 12.7. The molecule has 7 nitrogen and oxygen atoms in total. The minimum absolute atomic E-state index is 0.114. The molecule has 1 aromatic rings. The Hall–Kier alpha value is -1.89. The Kier molecular flexibility index (Phi) is 5.26. The van der Waals surface area contributed by atoms with E-state index >= 15 is 0 Å². The Balaban J connectivity index is 2.56. The van der Waals surface area contributed by atoms with E-state index in [1.165, 1.54) is 0 Å². The third-order valence-electron chi connectivity index (χ3n) is 2.68. The third kappa shape index (κ3) is 5.83. The van der Waals surface area contributed by atoms with Crippen LogP contribution < -0.4 is 16.6 Å². The molecular formula is C13H21N3O4. The summed E-state index contributed by atoms with van der Waals surface area (Å²) in [5.74, 6) is -0.0544. The minimum atomic E-state index is -0.981. The fourth-order valence-electron chi connectivity index (χ4n) is 2.09. The van der Waals surface area contributed by atoms with Crippen LogP contribution in [0.2, 0.25) is 0 Å². The average molecular weight is 283 g/mol. The first kappa shape index (κ1) is 16.2. The summed E-state index contributed by atoms with van der Waals surface area (Å²) in [7, 11) is 0. The lowest BCUT2D eigenvalue weighted by Crippen LogP contribution is -2.42. The third-order valence-corrected chi connectivity index (χ3v) is 2.68. The molecule has 0 radical (unpaired) electrons. The highest BCUT2D eigenvalue weighted by Crippen LogP contribution is 2.14. The molecule has 1 heterocycles. The minimum Gasteiger partial charge on any atom is -0.388 e. The van der Waals surface area contributed by atoms with Gasteiger partial charge in [0.15, 0.2) is 0 Å². The van der Waals surface area contributed by atoms with Crippen molar-refractivity contribution in [3.8, 4) is 0 Å². The van der Waals surface area contributed by atoms with E-state index in [0.717, 1.165) is 6.07 Å². The lowest BCUT2D eigenvalue weighted by atomic mass is 9.94.